The van der Waals surface area contributed by atoms with Gasteiger partial charge in [-0.3, -0.25) is 4.79 Å². The van der Waals surface area contributed by atoms with Crippen LogP contribution >= 0.6 is 23.1 Å². The Kier molecular flexibility index (Phi) is 6.85. The molecule has 3 aromatic heterocycles. The van der Waals surface area contributed by atoms with E-state index in [2.05, 4.69) is 43.3 Å². The summed E-state index contributed by atoms with van der Waals surface area (Å²) in [6.07, 6.45) is 0.613. The molecule has 3 aromatic carbocycles. The van der Waals surface area contributed by atoms with E-state index in [1.807, 2.05) is 79.0 Å². The SMILES string of the molecule is CC[C@@H](Sc1nnc2c3ccccc3n(Cc3ccccc3)c2n1)C(=O)Nc1nc(-c2ccccc2)cs1. The molecule has 0 radical (unpaired) electrons. The summed E-state index contributed by atoms with van der Waals surface area (Å²) < 4.78 is 2.17. The van der Waals surface area contributed by atoms with Crippen molar-refractivity contribution in [3.05, 3.63) is 95.9 Å². The van der Waals surface area contributed by atoms with Crippen LogP contribution in [0.25, 0.3) is 33.3 Å². The molecule has 0 spiro atoms. The monoisotopic (exact) mass is 536 g/mol. The summed E-state index contributed by atoms with van der Waals surface area (Å²) in [6.45, 7) is 2.64. The highest BCUT2D eigenvalue weighted by atomic mass is 32.2. The average molecular weight is 537 g/mol. The third-order valence-electron chi connectivity index (χ3n) is 6.25. The quantitative estimate of drug-likeness (QED) is 0.219. The molecule has 0 bridgehead atoms. The molecule has 6 aromatic rings. The minimum Gasteiger partial charge on any atom is -0.319 e. The van der Waals surface area contributed by atoms with Gasteiger partial charge in [0.2, 0.25) is 11.1 Å². The minimum atomic E-state index is -0.384. The maximum atomic E-state index is 13.2. The molecule has 1 amide bonds. The molecule has 0 saturated heterocycles. The van der Waals surface area contributed by atoms with Gasteiger partial charge in [0.05, 0.1) is 16.5 Å². The van der Waals surface area contributed by atoms with Gasteiger partial charge < -0.3 is 9.88 Å². The van der Waals surface area contributed by atoms with Crippen molar-refractivity contribution in [1.29, 1.82) is 0 Å². The largest absolute Gasteiger partial charge is 0.319 e. The van der Waals surface area contributed by atoms with Gasteiger partial charge in [-0.15, -0.1) is 21.5 Å². The number of thioether (sulfide) groups is 1. The Hall–Kier alpha value is -4.08. The van der Waals surface area contributed by atoms with Crippen molar-refractivity contribution in [1.82, 2.24) is 24.7 Å². The van der Waals surface area contributed by atoms with Crippen LogP contribution in [0.2, 0.25) is 0 Å². The fourth-order valence-corrected chi connectivity index (χ4v) is 5.91. The lowest BCUT2D eigenvalue weighted by Gasteiger charge is -2.12. The van der Waals surface area contributed by atoms with Gasteiger partial charge in [-0.2, -0.15) is 0 Å². The topological polar surface area (TPSA) is 85.6 Å². The molecule has 0 fully saturated rings. The summed E-state index contributed by atoms with van der Waals surface area (Å²) in [7, 11) is 0. The number of amides is 1. The van der Waals surface area contributed by atoms with Crippen molar-refractivity contribution in [2.24, 2.45) is 0 Å². The van der Waals surface area contributed by atoms with E-state index >= 15 is 0 Å². The average Bonchev–Trinajstić information content (AvgIpc) is 3.55. The molecule has 3 heterocycles. The van der Waals surface area contributed by atoms with E-state index in [1.165, 1.54) is 28.7 Å². The highest BCUT2D eigenvalue weighted by Gasteiger charge is 2.23. The molecule has 0 aliphatic carbocycles. The molecule has 38 heavy (non-hydrogen) atoms. The molecule has 0 aliphatic heterocycles. The van der Waals surface area contributed by atoms with E-state index in [1.54, 1.807) is 0 Å². The smallest absolute Gasteiger partial charge is 0.239 e. The first-order valence-electron chi connectivity index (χ1n) is 12.3. The van der Waals surface area contributed by atoms with Crippen LogP contribution in [0, 0.1) is 0 Å². The van der Waals surface area contributed by atoms with Crippen LogP contribution in [0.3, 0.4) is 0 Å². The zero-order valence-electron chi connectivity index (χ0n) is 20.6. The number of anilines is 1. The van der Waals surface area contributed by atoms with Gasteiger partial charge in [-0.1, -0.05) is 97.5 Å². The lowest BCUT2D eigenvalue weighted by atomic mass is 10.2. The van der Waals surface area contributed by atoms with E-state index in [-0.39, 0.29) is 11.2 Å². The Balaban J connectivity index is 1.26. The van der Waals surface area contributed by atoms with Crippen molar-refractivity contribution in [2.75, 3.05) is 5.32 Å². The summed E-state index contributed by atoms with van der Waals surface area (Å²) >= 11 is 2.74. The van der Waals surface area contributed by atoms with Crippen LogP contribution in [0.5, 0.6) is 0 Å². The van der Waals surface area contributed by atoms with E-state index in [0.717, 1.165) is 33.3 Å². The predicted molar refractivity (Wildman–Crippen MR) is 154 cm³/mol. The number of rotatable bonds is 8. The molecule has 0 unspecified atom stereocenters. The number of para-hydroxylation sites is 1. The number of aromatic nitrogens is 5. The Bertz CT molecular complexity index is 1720. The number of carbonyl (C=O) groups is 1. The summed E-state index contributed by atoms with van der Waals surface area (Å²) in [6, 6.07) is 28.3. The number of nitrogens with zero attached hydrogens (tertiary/aromatic N) is 5. The highest BCUT2D eigenvalue weighted by Crippen LogP contribution is 2.31. The molecule has 1 atom stereocenters. The van der Waals surface area contributed by atoms with Crippen LogP contribution in [-0.4, -0.2) is 35.9 Å². The fraction of sp³-hybridized carbons (Fsp3) is 0.138. The summed E-state index contributed by atoms with van der Waals surface area (Å²) in [5.74, 6) is -0.125. The summed E-state index contributed by atoms with van der Waals surface area (Å²) in [4.78, 5) is 22.6. The Morgan fingerprint density at radius 3 is 2.47 bits per heavy atom. The second kappa shape index (κ2) is 10.7. The molecule has 6 rings (SSSR count). The maximum Gasteiger partial charge on any atom is 0.239 e. The third-order valence-corrected chi connectivity index (χ3v) is 8.23. The Labute approximate surface area is 228 Å². The van der Waals surface area contributed by atoms with E-state index in [9.17, 15) is 4.79 Å². The number of hydrogen-bond donors (Lipinski definition) is 1. The van der Waals surface area contributed by atoms with Gasteiger partial charge in [0.15, 0.2) is 10.8 Å². The van der Waals surface area contributed by atoms with Crippen molar-refractivity contribution >= 4 is 56.2 Å². The van der Waals surface area contributed by atoms with Crippen molar-refractivity contribution in [3.8, 4) is 11.3 Å². The third kappa shape index (κ3) is 4.90. The molecule has 1 N–H and O–H groups in total. The second-order valence-electron chi connectivity index (χ2n) is 8.76. The molecule has 0 saturated carbocycles. The Morgan fingerprint density at radius 1 is 0.947 bits per heavy atom. The van der Waals surface area contributed by atoms with Crippen LogP contribution in [0.1, 0.15) is 18.9 Å². The number of thiazole rings is 1. The molecule has 7 nitrogen and oxygen atoms in total. The van der Waals surface area contributed by atoms with Crippen molar-refractivity contribution in [3.63, 3.8) is 0 Å². The predicted octanol–water partition coefficient (Wildman–Crippen LogP) is 6.66. The number of fused-ring (bicyclic) bond motifs is 3. The zero-order chi connectivity index (χ0) is 25.9. The van der Waals surface area contributed by atoms with Gasteiger partial charge in [0.25, 0.3) is 0 Å². The number of nitrogens with one attached hydrogen (secondary N) is 1. The van der Waals surface area contributed by atoms with E-state index < -0.39 is 0 Å². The molecule has 188 valence electrons. The summed E-state index contributed by atoms with van der Waals surface area (Å²) in [5.41, 5.74) is 5.61. The van der Waals surface area contributed by atoms with E-state index in [4.69, 9.17) is 4.98 Å². The van der Waals surface area contributed by atoms with Gasteiger partial charge in [-0.25, -0.2) is 9.97 Å². The lowest BCUT2D eigenvalue weighted by molar-refractivity contribution is -0.115. The Morgan fingerprint density at radius 2 is 1.68 bits per heavy atom. The van der Waals surface area contributed by atoms with Crippen LogP contribution in [-0.2, 0) is 11.3 Å². The van der Waals surface area contributed by atoms with Crippen molar-refractivity contribution < 1.29 is 4.79 Å². The van der Waals surface area contributed by atoms with Crippen molar-refractivity contribution in [2.45, 2.75) is 30.3 Å². The first-order chi connectivity index (χ1) is 18.7. The van der Waals surface area contributed by atoms with Gasteiger partial charge in [0, 0.05) is 22.9 Å². The van der Waals surface area contributed by atoms with Crippen LogP contribution in [0.15, 0.2) is 95.5 Å². The number of carbonyl (C=O) groups excluding carboxylic acids is 1. The minimum absolute atomic E-state index is 0.125. The molecule has 9 heteroatoms. The molecular formula is C29H24N6OS2. The standard InChI is InChI=1S/C29H24N6OS2/c1-2-24(27(36)32-28-30-22(18-37-28)20-13-7-4-8-14-20)38-29-31-26-25(33-34-29)21-15-9-10-16-23(21)35(26)17-19-11-5-3-6-12-19/h3-16,18,24H,2,17H2,1H3,(H,30,32,36)/t24-/m1/s1. The lowest BCUT2D eigenvalue weighted by Crippen LogP contribution is -2.24. The summed E-state index contributed by atoms with van der Waals surface area (Å²) in [5, 5.41) is 15.5. The van der Waals surface area contributed by atoms with Gasteiger partial charge in [0.1, 0.15) is 5.52 Å². The second-order valence-corrected chi connectivity index (χ2v) is 10.8. The maximum absolute atomic E-state index is 13.2. The fourth-order valence-electron chi connectivity index (χ4n) is 4.37. The first kappa shape index (κ1) is 24.3. The first-order valence-corrected chi connectivity index (χ1v) is 14.1. The number of hydrogen-bond acceptors (Lipinski definition) is 7. The van der Waals surface area contributed by atoms with Gasteiger partial charge in [-0.05, 0) is 18.1 Å². The zero-order valence-corrected chi connectivity index (χ0v) is 22.2. The molecular weight excluding hydrogens is 512 g/mol. The normalized spacial score (nSPS) is 12.1. The van der Waals surface area contributed by atoms with Gasteiger partial charge >= 0.3 is 0 Å². The van der Waals surface area contributed by atoms with Crippen LogP contribution in [0.4, 0.5) is 5.13 Å². The van der Waals surface area contributed by atoms with E-state index in [0.29, 0.717) is 23.3 Å². The number of benzene rings is 3. The highest BCUT2D eigenvalue weighted by molar-refractivity contribution is 8.00. The molecule has 0 aliphatic rings. The van der Waals surface area contributed by atoms with Crippen LogP contribution < -0.4 is 5.32 Å².